The molecule has 0 fully saturated rings. The number of aryl methyl sites for hydroxylation is 1. The molecule has 0 spiro atoms. The van der Waals surface area contributed by atoms with Crippen molar-refractivity contribution in [1.82, 2.24) is 24.5 Å². The highest BCUT2D eigenvalue weighted by Gasteiger charge is 2.38. The van der Waals surface area contributed by atoms with E-state index in [9.17, 15) is 21.6 Å². The van der Waals surface area contributed by atoms with Gasteiger partial charge in [-0.15, -0.1) is 10.2 Å². The summed E-state index contributed by atoms with van der Waals surface area (Å²) in [6, 6.07) is 6.27. The van der Waals surface area contributed by atoms with Crippen molar-refractivity contribution in [1.29, 1.82) is 0 Å². The Balaban J connectivity index is 1.82. The van der Waals surface area contributed by atoms with Gasteiger partial charge >= 0.3 is 6.18 Å². The van der Waals surface area contributed by atoms with Crippen LogP contribution in [0.3, 0.4) is 0 Å². The summed E-state index contributed by atoms with van der Waals surface area (Å²) in [6.07, 6.45) is -4.69. The second-order valence-electron chi connectivity index (χ2n) is 4.85. The number of alkyl halides is 3. The average molecular weight is 377 g/mol. The number of hydrogen-bond donors (Lipinski definition) is 1. The summed E-state index contributed by atoms with van der Waals surface area (Å²) in [5.74, 6) is -1.25. The van der Waals surface area contributed by atoms with Gasteiger partial charge in [-0.25, -0.2) is 13.1 Å². The molecule has 128 valence electrons. The Labute approximate surface area is 138 Å². The summed E-state index contributed by atoms with van der Waals surface area (Å²) in [6.45, 7) is 1.50. The third-order valence-electron chi connectivity index (χ3n) is 3.00. The monoisotopic (exact) mass is 377 g/mol. The lowest BCUT2D eigenvalue weighted by Crippen LogP contribution is -2.23. The zero-order chi connectivity index (χ0) is 17.5. The van der Waals surface area contributed by atoms with Crippen LogP contribution in [0.4, 0.5) is 13.2 Å². The number of aromatic nitrogens is 4. The van der Waals surface area contributed by atoms with Crippen LogP contribution in [0.2, 0.25) is 0 Å². The zero-order valence-electron chi connectivity index (χ0n) is 12.1. The first-order valence-electron chi connectivity index (χ1n) is 6.51. The quantitative estimate of drug-likeness (QED) is 0.751. The van der Waals surface area contributed by atoms with E-state index in [0.717, 1.165) is 16.9 Å². The van der Waals surface area contributed by atoms with Crippen molar-refractivity contribution in [3.63, 3.8) is 0 Å². The lowest BCUT2D eigenvalue weighted by atomic mass is 10.2. The van der Waals surface area contributed by atoms with Gasteiger partial charge in [-0.05, 0) is 24.6 Å². The molecule has 1 N–H and O–H groups in total. The smallest absolute Gasteiger partial charge is 0.207 e. The Morgan fingerprint density at radius 3 is 2.71 bits per heavy atom. The molecule has 3 aromatic rings. The van der Waals surface area contributed by atoms with Gasteiger partial charge in [0.1, 0.15) is 5.01 Å². The Morgan fingerprint density at radius 1 is 1.29 bits per heavy atom. The van der Waals surface area contributed by atoms with Crippen LogP contribution < -0.4 is 4.72 Å². The lowest BCUT2D eigenvalue weighted by molar-refractivity contribution is -0.146. The van der Waals surface area contributed by atoms with E-state index in [1.165, 1.54) is 12.1 Å². The average Bonchev–Trinajstić information content (AvgIpc) is 3.03. The molecule has 24 heavy (non-hydrogen) atoms. The molecule has 0 aliphatic carbocycles. The third-order valence-corrected chi connectivity index (χ3v) is 5.30. The van der Waals surface area contributed by atoms with E-state index >= 15 is 0 Å². The molecule has 1 aromatic carbocycles. The molecule has 2 aromatic heterocycles. The maximum atomic E-state index is 12.7. The second kappa shape index (κ2) is 5.79. The van der Waals surface area contributed by atoms with Crippen molar-refractivity contribution in [2.24, 2.45) is 0 Å². The highest BCUT2D eigenvalue weighted by molar-refractivity contribution is 7.89. The highest BCUT2D eigenvalue weighted by Crippen LogP contribution is 2.29. The highest BCUT2D eigenvalue weighted by atomic mass is 32.2. The fourth-order valence-corrected chi connectivity index (χ4v) is 3.88. The Kier molecular flexibility index (Phi) is 4.05. The van der Waals surface area contributed by atoms with Crippen LogP contribution in [0.5, 0.6) is 0 Å². The summed E-state index contributed by atoms with van der Waals surface area (Å²) < 4.78 is 65.4. The van der Waals surface area contributed by atoms with Crippen molar-refractivity contribution in [2.45, 2.75) is 24.5 Å². The van der Waals surface area contributed by atoms with E-state index in [4.69, 9.17) is 0 Å². The van der Waals surface area contributed by atoms with Gasteiger partial charge in [0.15, 0.2) is 0 Å². The maximum absolute atomic E-state index is 12.7. The minimum atomic E-state index is -4.69. The minimum Gasteiger partial charge on any atom is -0.207 e. The molecule has 0 saturated carbocycles. The number of nitrogens with one attached hydrogen (secondary N) is 1. The number of hydrogen-bond acceptors (Lipinski definition) is 6. The summed E-state index contributed by atoms with van der Waals surface area (Å²) in [7, 11) is -3.79. The van der Waals surface area contributed by atoms with Gasteiger partial charge in [-0.3, -0.25) is 0 Å². The van der Waals surface area contributed by atoms with Crippen molar-refractivity contribution < 1.29 is 21.6 Å². The standard InChI is InChI=1S/C12H10F3N5O2S2/c1-7-3-2-4-8(5-7)24(21,22)16-6-9-19-20-10(12(13,14)15)17-18-11(20)23-9/h2-5,16H,6H2,1H3. The van der Waals surface area contributed by atoms with Gasteiger partial charge in [0.2, 0.25) is 15.0 Å². The Bertz CT molecular complexity index is 994. The molecule has 0 bridgehead atoms. The van der Waals surface area contributed by atoms with Crippen LogP contribution >= 0.6 is 11.3 Å². The van der Waals surface area contributed by atoms with Crippen LogP contribution in [0, 0.1) is 6.92 Å². The van der Waals surface area contributed by atoms with Crippen LogP contribution in [0.25, 0.3) is 4.96 Å². The van der Waals surface area contributed by atoms with E-state index in [2.05, 4.69) is 20.0 Å². The predicted octanol–water partition coefficient (Wildman–Crippen LogP) is 1.99. The normalized spacial score (nSPS) is 12.8. The topological polar surface area (TPSA) is 89.2 Å². The molecular weight excluding hydrogens is 367 g/mol. The Morgan fingerprint density at radius 2 is 2.04 bits per heavy atom. The second-order valence-corrected chi connectivity index (χ2v) is 7.66. The summed E-state index contributed by atoms with van der Waals surface area (Å²) in [5.41, 5.74) is 0.770. The van der Waals surface area contributed by atoms with Crippen molar-refractivity contribution >= 4 is 26.3 Å². The SMILES string of the molecule is Cc1cccc(S(=O)(=O)NCc2nn3c(C(F)(F)F)nnc3s2)c1. The van der Waals surface area contributed by atoms with E-state index in [1.807, 2.05) is 0 Å². The minimum absolute atomic E-state index is 0.0629. The van der Waals surface area contributed by atoms with Gasteiger partial charge < -0.3 is 0 Å². The molecule has 2 heterocycles. The largest absolute Gasteiger partial charge is 0.453 e. The number of halogens is 3. The van der Waals surface area contributed by atoms with E-state index in [0.29, 0.717) is 4.52 Å². The molecule has 12 heteroatoms. The van der Waals surface area contributed by atoms with Crippen LogP contribution in [0.15, 0.2) is 29.2 Å². The summed E-state index contributed by atoms with van der Waals surface area (Å²) >= 11 is 0.825. The number of sulfonamides is 1. The van der Waals surface area contributed by atoms with Crippen LogP contribution in [0.1, 0.15) is 16.4 Å². The van der Waals surface area contributed by atoms with Gasteiger partial charge in [0.05, 0.1) is 11.4 Å². The molecule has 0 aliphatic heterocycles. The number of fused-ring (bicyclic) bond motifs is 1. The molecule has 0 aliphatic rings. The fraction of sp³-hybridized carbons (Fsp3) is 0.250. The number of benzene rings is 1. The fourth-order valence-electron chi connectivity index (χ4n) is 1.93. The Hall–Kier alpha value is -2.05. The molecule has 0 radical (unpaired) electrons. The summed E-state index contributed by atoms with van der Waals surface area (Å²) in [4.78, 5) is 0.00793. The molecule has 0 unspecified atom stereocenters. The molecular formula is C12H10F3N5O2S2. The molecule has 0 saturated heterocycles. The predicted molar refractivity (Wildman–Crippen MR) is 78.9 cm³/mol. The van der Waals surface area contributed by atoms with Gasteiger partial charge in [0, 0.05) is 0 Å². The number of rotatable bonds is 4. The van der Waals surface area contributed by atoms with Crippen LogP contribution in [-0.4, -0.2) is 28.2 Å². The van der Waals surface area contributed by atoms with Gasteiger partial charge in [-0.1, -0.05) is 23.5 Å². The molecule has 3 rings (SSSR count). The van der Waals surface area contributed by atoms with Gasteiger partial charge in [-0.2, -0.15) is 22.8 Å². The van der Waals surface area contributed by atoms with Crippen molar-refractivity contribution in [3.8, 4) is 0 Å². The first kappa shape index (κ1) is 16.8. The third kappa shape index (κ3) is 3.25. The first-order chi connectivity index (χ1) is 11.2. The lowest BCUT2D eigenvalue weighted by Gasteiger charge is -2.05. The summed E-state index contributed by atoms with van der Waals surface area (Å²) in [5, 5.41) is 10.3. The molecule has 7 nitrogen and oxygen atoms in total. The first-order valence-corrected chi connectivity index (χ1v) is 8.81. The van der Waals surface area contributed by atoms with E-state index in [1.54, 1.807) is 19.1 Å². The zero-order valence-corrected chi connectivity index (χ0v) is 13.7. The molecule has 0 amide bonds. The van der Waals surface area contributed by atoms with Gasteiger partial charge in [0.25, 0.3) is 5.82 Å². The van der Waals surface area contributed by atoms with E-state index in [-0.39, 0.29) is 21.4 Å². The van der Waals surface area contributed by atoms with Crippen LogP contribution in [-0.2, 0) is 22.7 Å². The van der Waals surface area contributed by atoms with Crippen molar-refractivity contribution in [3.05, 3.63) is 40.7 Å². The molecule has 0 atom stereocenters. The number of nitrogens with zero attached hydrogens (tertiary/aromatic N) is 4. The van der Waals surface area contributed by atoms with E-state index < -0.39 is 22.0 Å². The van der Waals surface area contributed by atoms with Crippen molar-refractivity contribution in [2.75, 3.05) is 0 Å². The maximum Gasteiger partial charge on any atom is 0.453 e.